The monoisotopic (exact) mass is 910 g/mol. The average molecular weight is 910 g/mol. The second kappa shape index (κ2) is 36.8. The molecule has 2 saturated heterocycles. The van der Waals surface area contributed by atoms with Crippen LogP contribution in [0.1, 0.15) is 155 Å². The quantitative estimate of drug-likeness (QED) is 0.0265. The highest BCUT2D eigenvalue weighted by Crippen LogP contribution is 2.30. The van der Waals surface area contributed by atoms with Crippen molar-refractivity contribution in [2.45, 2.75) is 229 Å². The van der Waals surface area contributed by atoms with Crippen LogP contribution >= 0.6 is 0 Å². The zero-order valence-corrected chi connectivity index (χ0v) is 39.0. The fourth-order valence-electron chi connectivity index (χ4n) is 7.57. The molecule has 0 aromatic carbocycles. The van der Waals surface area contributed by atoms with Crippen molar-refractivity contribution in [1.29, 1.82) is 0 Å². The van der Waals surface area contributed by atoms with E-state index in [1.807, 2.05) is 6.08 Å². The smallest absolute Gasteiger partial charge is 0.220 e. The van der Waals surface area contributed by atoms with Crippen LogP contribution in [0.4, 0.5) is 0 Å². The van der Waals surface area contributed by atoms with E-state index in [1.165, 1.54) is 51.4 Å². The van der Waals surface area contributed by atoms with Gasteiger partial charge in [-0.2, -0.15) is 0 Å². The second-order valence-corrected chi connectivity index (χ2v) is 17.2. The number of nitrogens with one attached hydrogen (secondary N) is 1. The van der Waals surface area contributed by atoms with E-state index in [2.05, 4.69) is 67.8 Å². The highest BCUT2D eigenvalue weighted by molar-refractivity contribution is 5.76. The minimum Gasteiger partial charge on any atom is -0.394 e. The highest BCUT2D eigenvalue weighted by Gasteiger charge is 2.51. The fraction of sp³-hybridized carbons (Fsp3) is 0.780. The Hall–Kier alpha value is -2.31. The molecule has 64 heavy (non-hydrogen) atoms. The lowest BCUT2D eigenvalue weighted by atomic mass is 9.97. The summed E-state index contributed by atoms with van der Waals surface area (Å²) in [5.74, 6) is -0.272. The fourth-order valence-corrected chi connectivity index (χ4v) is 7.57. The lowest BCUT2D eigenvalue weighted by Gasteiger charge is -2.46. The molecule has 0 bridgehead atoms. The van der Waals surface area contributed by atoms with Crippen LogP contribution in [0.2, 0.25) is 0 Å². The zero-order chi connectivity index (χ0) is 46.8. The molecule has 1 amide bonds. The molecule has 0 aromatic rings. The Morgan fingerprint density at radius 1 is 0.562 bits per heavy atom. The Morgan fingerprint density at radius 2 is 1.06 bits per heavy atom. The van der Waals surface area contributed by atoms with Gasteiger partial charge in [0.15, 0.2) is 12.6 Å². The van der Waals surface area contributed by atoms with E-state index in [1.54, 1.807) is 6.08 Å². The van der Waals surface area contributed by atoms with Crippen LogP contribution in [0, 0.1) is 0 Å². The summed E-state index contributed by atoms with van der Waals surface area (Å²) in [6.07, 6.45) is 26.9. The number of allylic oxidation sites excluding steroid dienone is 9. The molecule has 0 saturated carbocycles. The van der Waals surface area contributed by atoms with E-state index in [0.29, 0.717) is 12.8 Å². The Balaban J connectivity index is 1.91. The second-order valence-electron chi connectivity index (χ2n) is 17.2. The third-order valence-corrected chi connectivity index (χ3v) is 11.7. The summed E-state index contributed by atoms with van der Waals surface area (Å²) < 4.78 is 22.6. The molecule has 12 atom stereocenters. The Labute approximate surface area is 384 Å². The first kappa shape index (κ1) is 57.8. The Kier molecular flexibility index (Phi) is 33.2. The Morgan fingerprint density at radius 3 is 1.67 bits per heavy atom. The summed E-state index contributed by atoms with van der Waals surface area (Å²) >= 11 is 0. The summed E-state index contributed by atoms with van der Waals surface area (Å²) in [5, 5.41) is 86.6. The average Bonchev–Trinajstić information content (AvgIpc) is 3.29. The Bertz CT molecular complexity index is 1310. The number of aliphatic hydroxyl groups is 8. The summed E-state index contributed by atoms with van der Waals surface area (Å²) in [4.78, 5) is 13.1. The number of carbonyl (C=O) groups is 1. The van der Waals surface area contributed by atoms with E-state index in [9.17, 15) is 45.6 Å². The first-order valence-electron chi connectivity index (χ1n) is 24.5. The van der Waals surface area contributed by atoms with Crippen LogP contribution in [0.5, 0.6) is 0 Å². The van der Waals surface area contributed by atoms with Crippen molar-refractivity contribution in [3.63, 3.8) is 0 Å². The zero-order valence-electron chi connectivity index (χ0n) is 39.0. The number of rotatable bonds is 36. The minimum atomic E-state index is -1.79. The van der Waals surface area contributed by atoms with E-state index in [0.717, 1.165) is 70.6 Å². The lowest BCUT2D eigenvalue weighted by Crippen LogP contribution is -2.65. The number of carbonyl (C=O) groups excluding carboxylic acids is 1. The maximum absolute atomic E-state index is 13.1. The largest absolute Gasteiger partial charge is 0.394 e. The maximum atomic E-state index is 13.1. The first-order chi connectivity index (χ1) is 31.1. The van der Waals surface area contributed by atoms with Gasteiger partial charge in [-0.05, 0) is 70.6 Å². The molecule has 12 unspecified atom stereocenters. The van der Waals surface area contributed by atoms with Gasteiger partial charge in [0.1, 0.15) is 48.8 Å². The van der Waals surface area contributed by atoms with Crippen LogP contribution in [0.3, 0.4) is 0 Å². The summed E-state index contributed by atoms with van der Waals surface area (Å²) in [6.45, 7) is 2.67. The van der Waals surface area contributed by atoms with E-state index < -0.39 is 86.8 Å². The van der Waals surface area contributed by atoms with Crippen LogP contribution in [-0.2, 0) is 23.7 Å². The molecule has 2 fully saturated rings. The normalized spacial score (nSPS) is 27.8. The van der Waals surface area contributed by atoms with E-state index in [4.69, 9.17) is 18.9 Å². The first-order valence-corrected chi connectivity index (χ1v) is 24.5. The van der Waals surface area contributed by atoms with Gasteiger partial charge in [-0.25, -0.2) is 0 Å². The molecule has 9 N–H and O–H groups in total. The van der Waals surface area contributed by atoms with Gasteiger partial charge >= 0.3 is 0 Å². The van der Waals surface area contributed by atoms with Gasteiger partial charge in [-0.15, -0.1) is 0 Å². The van der Waals surface area contributed by atoms with Crippen LogP contribution in [0.15, 0.2) is 60.8 Å². The molecule has 0 aliphatic carbocycles. The highest BCUT2D eigenvalue weighted by atomic mass is 16.7. The number of ether oxygens (including phenoxy) is 4. The molecule has 2 aliphatic heterocycles. The molecule has 2 aliphatic rings. The molecule has 0 aromatic heterocycles. The summed E-state index contributed by atoms with van der Waals surface area (Å²) in [7, 11) is 0. The van der Waals surface area contributed by atoms with Gasteiger partial charge in [0.25, 0.3) is 0 Å². The van der Waals surface area contributed by atoms with Crippen LogP contribution < -0.4 is 5.32 Å². The van der Waals surface area contributed by atoms with Gasteiger partial charge in [-0.3, -0.25) is 4.79 Å². The van der Waals surface area contributed by atoms with Gasteiger partial charge in [-0.1, -0.05) is 139 Å². The predicted octanol–water partition coefficient (Wildman–Crippen LogP) is 5.88. The lowest BCUT2D eigenvalue weighted by molar-refractivity contribution is -0.359. The molecule has 14 heteroatoms. The SMILES string of the molecule is CCCC/C=C\C/C=C\CCCCCCCC(=O)NC(COC1OC(CO)C(OC2OC(CO)C(O)C(O)C2O)C(O)C1O)C(O)/C=C/CC/C=C/CC/C=C/CCCCCCCC. The van der Waals surface area contributed by atoms with Crippen molar-refractivity contribution in [3.8, 4) is 0 Å². The molecule has 14 nitrogen and oxygen atoms in total. The molecule has 0 radical (unpaired) electrons. The molecular formula is C50H87NO13. The number of aliphatic hydroxyl groups excluding tert-OH is 8. The van der Waals surface area contributed by atoms with Crippen molar-refractivity contribution >= 4 is 5.91 Å². The summed E-state index contributed by atoms with van der Waals surface area (Å²) in [6, 6.07) is -0.945. The molecule has 0 spiro atoms. The predicted molar refractivity (Wildman–Crippen MR) is 249 cm³/mol. The number of hydrogen-bond donors (Lipinski definition) is 9. The van der Waals surface area contributed by atoms with Crippen molar-refractivity contribution in [3.05, 3.63) is 60.8 Å². The molecule has 370 valence electrons. The number of unbranched alkanes of at least 4 members (excludes halogenated alkanes) is 15. The van der Waals surface area contributed by atoms with Crippen LogP contribution in [-0.4, -0.2) is 140 Å². The third-order valence-electron chi connectivity index (χ3n) is 11.7. The van der Waals surface area contributed by atoms with Crippen molar-refractivity contribution in [1.82, 2.24) is 5.32 Å². The van der Waals surface area contributed by atoms with Gasteiger partial charge in [0, 0.05) is 6.42 Å². The van der Waals surface area contributed by atoms with E-state index >= 15 is 0 Å². The minimum absolute atomic E-state index is 0.251. The maximum Gasteiger partial charge on any atom is 0.220 e. The summed E-state index contributed by atoms with van der Waals surface area (Å²) in [5.41, 5.74) is 0. The number of amides is 1. The van der Waals surface area contributed by atoms with Gasteiger partial charge in [0.2, 0.25) is 5.91 Å². The van der Waals surface area contributed by atoms with Crippen molar-refractivity contribution < 1.29 is 64.6 Å². The number of hydrogen-bond acceptors (Lipinski definition) is 13. The molecule has 2 heterocycles. The topological polar surface area (TPSA) is 228 Å². The van der Waals surface area contributed by atoms with Crippen molar-refractivity contribution in [2.75, 3.05) is 19.8 Å². The third kappa shape index (κ3) is 23.9. The standard InChI is InChI=1S/C50H87NO13/c1-3-5-7-9-11-13-15-17-19-20-21-23-25-27-29-31-33-39(54)38(51-42(55)34-32-30-28-26-24-22-18-16-14-12-10-8-6-4-2)37-61-49-47(60)45(58)48(41(36-53)63-49)64-50-46(59)44(57)43(56)40(35-52)62-50/h10,12,16-19,23,25,31,33,38-41,43-50,52-54,56-60H,3-9,11,13-15,20-22,24,26-30,32,34-37H2,1-2H3,(H,51,55)/b12-10-,18-16-,19-17+,25-23+,33-31+. The van der Waals surface area contributed by atoms with Gasteiger partial charge < -0.3 is 65.1 Å². The van der Waals surface area contributed by atoms with Gasteiger partial charge in [0.05, 0.1) is 32.0 Å². The van der Waals surface area contributed by atoms with Crippen molar-refractivity contribution in [2.24, 2.45) is 0 Å². The van der Waals surface area contributed by atoms with Crippen LogP contribution in [0.25, 0.3) is 0 Å². The molecule has 2 rings (SSSR count). The van der Waals surface area contributed by atoms with E-state index in [-0.39, 0.29) is 18.9 Å². The molecular weight excluding hydrogens is 823 g/mol.